The number of fused-ring (bicyclic) bond motifs is 1. The number of hydrogen-bond donors (Lipinski definition) is 9. The van der Waals surface area contributed by atoms with Gasteiger partial charge in [0.05, 0.1) is 6.04 Å². The first kappa shape index (κ1) is 31.1. The second-order valence-electron chi connectivity index (χ2n) is 8.74. The third kappa shape index (κ3) is 9.61. The number of aromatic nitrogens is 1. The van der Waals surface area contributed by atoms with Crippen LogP contribution in [0, 0.1) is 0 Å². The summed E-state index contributed by atoms with van der Waals surface area (Å²) in [5.74, 6) is -6.81. The van der Waals surface area contributed by atoms with Gasteiger partial charge in [0, 0.05) is 35.7 Å². The fraction of sp³-hybridized carbons (Fsp3) is 0.417. The topological polar surface area (TPSA) is 241 Å². The minimum absolute atomic E-state index is 0.160. The van der Waals surface area contributed by atoms with Crippen molar-refractivity contribution in [1.82, 2.24) is 20.9 Å². The molecule has 9 N–H and O–H groups in total. The van der Waals surface area contributed by atoms with Gasteiger partial charge in [-0.05, 0) is 30.9 Å². The highest BCUT2D eigenvalue weighted by atomic mass is 32.1. The van der Waals surface area contributed by atoms with Gasteiger partial charge in [-0.25, -0.2) is 4.79 Å². The van der Waals surface area contributed by atoms with Crippen LogP contribution in [0.15, 0.2) is 30.5 Å². The van der Waals surface area contributed by atoms with Gasteiger partial charge in [0.15, 0.2) is 0 Å². The summed E-state index contributed by atoms with van der Waals surface area (Å²) >= 11 is 4.07. The average Bonchev–Trinajstić information content (AvgIpc) is 3.29. The zero-order chi connectivity index (χ0) is 29.1. The largest absolute Gasteiger partial charge is 0.481 e. The van der Waals surface area contributed by atoms with E-state index in [2.05, 4.69) is 33.6 Å². The number of carboxylic acid groups (broad SMARTS) is 3. The van der Waals surface area contributed by atoms with Gasteiger partial charge in [0.1, 0.15) is 18.1 Å². The fourth-order valence-corrected chi connectivity index (χ4v) is 3.97. The van der Waals surface area contributed by atoms with Crippen molar-refractivity contribution in [2.75, 3.05) is 5.75 Å². The van der Waals surface area contributed by atoms with Gasteiger partial charge in [-0.15, -0.1) is 0 Å². The molecule has 0 saturated carbocycles. The quantitative estimate of drug-likeness (QED) is 0.115. The highest BCUT2D eigenvalue weighted by Gasteiger charge is 2.30. The van der Waals surface area contributed by atoms with Crippen molar-refractivity contribution in [2.24, 2.45) is 5.73 Å². The number of aromatic amines is 1. The number of carbonyl (C=O) groups is 6. The SMILES string of the molecule is NC(Cc1c[nH]c2ccccc12)C(=O)NC(CS)C(=O)NC(CCC(=O)O)C(=O)NC(CCC(=O)O)C(=O)O. The Balaban J connectivity index is 2.06. The number of amides is 3. The number of carbonyl (C=O) groups excluding carboxylic acids is 3. The van der Waals surface area contributed by atoms with E-state index in [9.17, 15) is 33.9 Å². The number of benzene rings is 1. The number of H-pyrrole nitrogens is 1. The van der Waals surface area contributed by atoms with Crippen LogP contribution in [-0.2, 0) is 35.2 Å². The summed E-state index contributed by atoms with van der Waals surface area (Å²) in [6, 6.07) is 2.08. The lowest BCUT2D eigenvalue weighted by Gasteiger charge is -2.24. The third-order valence-corrected chi connectivity index (χ3v) is 6.17. The second kappa shape index (κ2) is 14.7. The first-order valence-electron chi connectivity index (χ1n) is 11.9. The summed E-state index contributed by atoms with van der Waals surface area (Å²) in [6.07, 6.45) is -0.0276. The molecule has 4 atom stereocenters. The zero-order valence-electron chi connectivity index (χ0n) is 20.8. The Bertz CT molecular complexity index is 1220. The number of nitrogens with one attached hydrogen (secondary N) is 4. The molecule has 15 heteroatoms. The molecule has 39 heavy (non-hydrogen) atoms. The molecule has 2 aromatic rings. The number of carboxylic acids is 3. The van der Waals surface area contributed by atoms with Crippen LogP contribution >= 0.6 is 12.6 Å². The molecule has 3 amide bonds. The van der Waals surface area contributed by atoms with Crippen molar-refractivity contribution in [3.8, 4) is 0 Å². The van der Waals surface area contributed by atoms with Crippen LogP contribution < -0.4 is 21.7 Å². The van der Waals surface area contributed by atoms with Crippen LogP contribution in [0.2, 0.25) is 0 Å². The van der Waals surface area contributed by atoms with Gasteiger partial charge in [-0.3, -0.25) is 24.0 Å². The van der Waals surface area contributed by atoms with Gasteiger partial charge in [-0.1, -0.05) is 18.2 Å². The Labute approximate surface area is 228 Å². The lowest BCUT2D eigenvalue weighted by Crippen LogP contribution is -2.57. The molecular formula is C24H31N5O9S. The Kier molecular flexibility index (Phi) is 11.7. The third-order valence-electron chi connectivity index (χ3n) is 5.81. The molecule has 1 aromatic carbocycles. The number of aliphatic carboxylic acids is 3. The Morgan fingerprint density at radius 1 is 0.821 bits per heavy atom. The van der Waals surface area contributed by atoms with Gasteiger partial charge >= 0.3 is 17.9 Å². The van der Waals surface area contributed by atoms with Gasteiger partial charge in [-0.2, -0.15) is 12.6 Å². The second-order valence-corrected chi connectivity index (χ2v) is 9.10. The number of nitrogens with two attached hydrogens (primary N) is 1. The monoisotopic (exact) mass is 565 g/mol. The van der Waals surface area contributed by atoms with Crippen molar-refractivity contribution in [2.45, 2.75) is 56.3 Å². The minimum atomic E-state index is -1.58. The van der Waals surface area contributed by atoms with E-state index in [4.69, 9.17) is 15.9 Å². The molecule has 2 rings (SSSR count). The van der Waals surface area contributed by atoms with E-state index in [1.165, 1.54) is 0 Å². The van der Waals surface area contributed by atoms with E-state index in [1.807, 2.05) is 24.3 Å². The van der Waals surface area contributed by atoms with E-state index < -0.39 is 85.5 Å². The van der Waals surface area contributed by atoms with Crippen LogP contribution in [-0.4, -0.2) is 85.9 Å². The molecule has 0 saturated heterocycles. The molecule has 4 unspecified atom stereocenters. The summed E-state index contributed by atoms with van der Waals surface area (Å²) in [4.78, 5) is 74.7. The minimum Gasteiger partial charge on any atom is -0.481 e. The summed E-state index contributed by atoms with van der Waals surface area (Å²) < 4.78 is 0. The van der Waals surface area contributed by atoms with Crippen molar-refractivity contribution in [3.63, 3.8) is 0 Å². The predicted octanol–water partition coefficient (Wildman–Crippen LogP) is -0.764. The molecule has 0 radical (unpaired) electrons. The molecule has 14 nitrogen and oxygen atoms in total. The van der Waals surface area contributed by atoms with Crippen LogP contribution in [0.1, 0.15) is 31.2 Å². The Morgan fingerprint density at radius 3 is 1.95 bits per heavy atom. The number of hydrogen-bond acceptors (Lipinski definition) is 8. The van der Waals surface area contributed by atoms with Gasteiger partial charge in [0.25, 0.3) is 0 Å². The lowest BCUT2D eigenvalue weighted by atomic mass is 10.0. The molecule has 0 aliphatic heterocycles. The standard InChI is InChI=1S/C24H31N5O9S/c25-14(9-12-10-26-15-4-2-1-3-13(12)15)21(34)29-18(11-39)23(36)27-16(5-7-19(30)31)22(35)28-17(24(37)38)6-8-20(32)33/h1-4,10,14,16-18,26,39H,5-9,11,25H2,(H,27,36)(H,28,35)(H,29,34)(H,30,31)(H,32,33)(H,37,38). The smallest absolute Gasteiger partial charge is 0.326 e. The highest BCUT2D eigenvalue weighted by Crippen LogP contribution is 2.18. The first-order chi connectivity index (χ1) is 18.4. The van der Waals surface area contributed by atoms with Crippen molar-refractivity contribution in [3.05, 3.63) is 36.0 Å². The summed E-state index contributed by atoms with van der Waals surface area (Å²) in [6.45, 7) is 0. The van der Waals surface area contributed by atoms with Crippen molar-refractivity contribution in [1.29, 1.82) is 0 Å². The van der Waals surface area contributed by atoms with Crippen LogP contribution in [0.4, 0.5) is 0 Å². The molecular weight excluding hydrogens is 534 g/mol. The number of para-hydroxylation sites is 1. The van der Waals surface area contributed by atoms with E-state index in [1.54, 1.807) is 6.20 Å². The maximum atomic E-state index is 12.9. The molecule has 1 aromatic heterocycles. The van der Waals surface area contributed by atoms with Crippen molar-refractivity contribution < 1.29 is 44.1 Å². The predicted molar refractivity (Wildman–Crippen MR) is 141 cm³/mol. The molecule has 0 aliphatic carbocycles. The average molecular weight is 566 g/mol. The molecule has 1 heterocycles. The van der Waals surface area contributed by atoms with E-state index in [0.717, 1.165) is 16.5 Å². The molecule has 0 aliphatic rings. The number of rotatable bonds is 16. The maximum absolute atomic E-state index is 12.9. The highest BCUT2D eigenvalue weighted by molar-refractivity contribution is 7.80. The molecule has 212 valence electrons. The fourth-order valence-electron chi connectivity index (χ4n) is 3.71. The molecule has 0 bridgehead atoms. The Hall–Kier alpha value is -4.11. The van der Waals surface area contributed by atoms with Crippen molar-refractivity contribution >= 4 is 59.2 Å². The van der Waals surface area contributed by atoms with E-state index in [-0.39, 0.29) is 12.2 Å². The molecule has 0 fully saturated rings. The van der Waals surface area contributed by atoms with Gasteiger partial charge in [0.2, 0.25) is 17.7 Å². The van der Waals surface area contributed by atoms with Crippen LogP contribution in [0.25, 0.3) is 10.9 Å². The summed E-state index contributed by atoms with van der Waals surface area (Å²) in [5.41, 5.74) is 7.72. The first-order valence-corrected chi connectivity index (χ1v) is 12.5. The van der Waals surface area contributed by atoms with Crippen LogP contribution in [0.3, 0.4) is 0 Å². The summed E-state index contributed by atoms with van der Waals surface area (Å²) in [5, 5.41) is 34.9. The Morgan fingerprint density at radius 2 is 1.36 bits per heavy atom. The lowest BCUT2D eigenvalue weighted by molar-refractivity contribution is -0.144. The van der Waals surface area contributed by atoms with Crippen LogP contribution in [0.5, 0.6) is 0 Å². The normalized spacial score (nSPS) is 14.0. The van der Waals surface area contributed by atoms with E-state index >= 15 is 0 Å². The molecule has 0 spiro atoms. The maximum Gasteiger partial charge on any atom is 0.326 e. The number of thiol groups is 1. The van der Waals surface area contributed by atoms with Gasteiger partial charge < -0.3 is 42.0 Å². The van der Waals surface area contributed by atoms with E-state index in [0.29, 0.717) is 0 Å². The zero-order valence-corrected chi connectivity index (χ0v) is 21.6. The summed E-state index contributed by atoms with van der Waals surface area (Å²) in [7, 11) is 0.